The summed E-state index contributed by atoms with van der Waals surface area (Å²) in [6, 6.07) is 12.6. The predicted molar refractivity (Wildman–Crippen MR) is 198 cm³/mol. The highest BCUT2D eigenvalue weighted by Gasteiger charge is 2.43. The maximum Gasteiger partial charge on any atom is 0.422 e. The Morgan fingerprint density at radius 3 is 2.50 bits per heavy atom. The van der Waals surface area contributed by atoms with Gasteiger partial charge in [-0.15, -0.1) is 0 Å². The Morgan fingerprint density at radius 2 is 1.79 bits per heavy atom. The number of aryl methyl sites for hydroxylation is 1. The molecule has 286 valence electrons. The van der Waals surface area contributed by atoms with Gasteiger partial charge in [0.25, 0.3) is 0 Å². The van der Waals surface area contributed by atoms with Crippen LogP contribution in [0.4, 0.5) is 18.9 Å². The van der Waals surface area contributed by atoms with Gasteiger partial charge in [-0.25, -0.2) is 9.98 Å². The molecule has 2 aromatic rings. The zero-order valence-corrected chi connectivity index (χ0v) is 30.1. The number of carbonyl (C=O) groups is 1. The molecule has 1 amide bonds. The van der Waals surface area contributed by atoms with Crippen molar-refractivity contribution in [3.05, 3.63) is 53.6 Å². The van der Waals surface area contributed by atoms with Crippen LogP contribution >= 0.6 is 0 Å². The minimum atomic E-state index is -4.55. The molecule has 1 saturated carbocycles. The molecule has 0 radical (unpaired) electrons. The lowest BCUT2D eigenvalue weighted by Gasteiger charge is -2.22. The van der Waals surface area contributed by atoms with E-state index in [0.29, 0.717) is 36.6 Å². The molecule has 0 atom stereocenters. The highest BCUT2D eigenvalue weighted by atomic mass is 19.4. The summed E-state index contributed by atoms with van der Waals surface area (Å²) in [6.45, 7) is 11.8. The number of nitrogens with zero attached hydrogens (tertiary/aromatic N) is 4. The lowest BCUT2D eigenvalue weighted by Crippen LogP contribution is -2.34. The number of carbonyl (C=O) groups excluding carboxylic acids is 1. The minimum Gasteiger partial charge on any atom is -0.494 e. The van der Waals surface area contributed by atoms with Gasteiger partial charge in [-0.2, -0.15) is 18.2 Å². The highest BCUT2D eigenvalue weighted by Crippen LogP contribution is 2.46. The van der Waals surface area contributed by atoms with Crippen LogP contribution < -0.4 is 30.7 Å². The molecular weight excluding hydrogens is 677 g/mol. The normalized spacial score (nSPS) is 20.0. The van der Waals surface area contributed by atoms with Gasteiger partial charge in [0, 0.05) is 36.8 Å². The van der Waals surface area contributed by atoms with E-state index < -0.39 is 18.8 Å². The van der Waals surface area contributed by atoms with Crippen molar-refractivity contribution >= 4 is 30.8 Å². The number of aliphatic imine (C=N–C) groups is 3. The lowest BCUT2D eigenvalue weighted by molar-refractivity contribution is -0.156. The first kappa shape index (κ1) is 40.6. The summed E-state index contributed by atoms with van der Waals surface area (Å²) in [7, 11) is 0. The molecule has 2 fully saturated rings. The number of hydrogen-bond donors (Lipinski definition) is 4. The average molecular weight is 731 g/mol. The van der Waals surface area contributed by atoms with Gasteiger partial charge in [0.1, 0.15) is 11.5 Å². The number of amidine groups is 1. The van der Waals surface area contributed by atoms with Crippen molar-refractivity contribution < 1.29 is 32.2 Å². The highest BCUT2D eigenvalue weighted by molar-refractivity contribution is 6.01. The zero-order chi connectivity index (χ0) is 37.1. The first-order valence-corrected chi connectivity index (χ1v) is 18.0. The van der Waals surface area contributed by atoms with Gasteiger partial charge >= 0.3 is 12.2 Å². The largest absolute Gasteiger partial charge is 0.494 e. The Balaban J connectivity index is 0.000000386. The summed E-state index contributed by atoms with van der Waals surface area (Å²) in [5.74, 6) is 1.48. The molecule has 15 heteroatoms. The third-order valence-electron chi connectivity index (χ3n) is 8.79. The number of guanidine groups is 1. The Morgan fingerprint density at radius 1 is 1.04 bits per heavy atom. The van der Waals surface area contributed by atoms with E-state index in [0.717, 1.165) is 62.2 Å². The number of fused-ring (bicyclic) bond motifs is 15. The van der Waals surface area contributed by atoms with E-state index in [-0.39, 0.29) is 12.6 Å². The number of rotatable bonds is 6. The molecule has 0 unspecified atom stereocenters. The summed E-state index contributed by atoms with van der Waals surface area (Å²) in [5.41, 5.74) is 3.00. The van der Waals surface area contributed by atoms with E-state index >= 15 is 0 Å². The molecule has 2 aromatic carbocycles. The summed E-state index contributed by atoms with van der Waals surface area (Å²) in [4.78, 5) is 24.6. The maximum atomic E-state index is 12.6. The smallest absolute Gasteiger partial charge is 0.422 e. The number of hydrogen-bond acceptors (Lipinski definition) is 10. The van der Waals surface area contributed by atoms with Crippen molar-refractivity contribution in [2.75, 3.05) is 71.1 Å². The van der Waals surface area contributed by atoms with Crippen molar-refractivity contribution in [2.24, 2.45) is 20.4 Å². The van der Waals surface area contributed by atoms with E-state index in [9.17, 15) is 18.0 Å². The van der Waals surface area contributed by atoms with Crippen LogP contribution in [0.5, 0.6) is 11.5 Å². The van der Waals surface area contributed by atoms with Crippen LogP contribution in [-0.4, -0.2) is 102 Å². The van der Waals surface area contributed by atoms with Crippen LogP contribution in [0.2, 0.25) is 0 Å². The van der Waals surface area contributed by atoms with Crippen LogP contribution in [0.25, 0.3) is 0 Å². The first-order chi connectivity index (χ1) is 25.2. The van der Waals surface area contributed by atoms with Crippen molar-refractivity contribution in [1.82, 2.24) is 20.9 Å². The number of benzene rings is 2. The predicted octanol–water partition coefficient (Wildman–Crippen LogP) is 5.29. The Bertz CT molecular complexity index is 1450. The topological polar surface area (TPSA) is 133 Å². The maximum absolute atomic E-state index is 12.6. The number of nitrogens with one attached hydrogen (secondary N) is 4. The molecule has 4 bridgehead atoms. The van der Waals surface area contributed by atoms with Crippen molar-refractivity contribution in [3.63, 3.8) is 0 Å². The van der Waals surface area contributed by atoms with Crippen molar-refractivity contribution in [3.8, 4) is 11.5 Å². The summed E-state index contributed by atoms with van der Waals surface area (Å²) < 4.78 is 54.4. The molecule has 1 saturated heterocycles. The molecule has 4 N–H and O–H groups in total. The Hall–Kier alpha value is -4.21. The van der Waals surface area contributed by atoms with Gasteiger partial charge in [-0.05, 0) is 114 Å². The number of amides is 1. The molecule has 6 rings (SSSR count). The molecular formula is C37H53F3N8O4. The quantitative estimate of drug-likeness (QED) is 0.179. The second-order valence-corrected chi connectivity index (χ2v) is 13.3. The van der Waals surface area contributed by atoms with Crippen LogP contribution in [0.3, 0.4) is 0 Å². The van der Waals surface area contributed by atoms with Crippen LogP contribution in [-0.2, 0) is 16.1 Å². The first-order valence-electron chi connectivity index (χ1n) is 18.0. The third kappa shape index (κ3) is 15.6. The number of anilines is 1. The van der Waals surface area contributed by atoms with Crippen molar-refractivity contribution in [1.29, 1.82) is 0 Å². The number of ether oxygens (including phenoxy) is 3. The molecule has 0 spiro atoms. The van der Waals surface area contributed by atoms with Crippen molar-refractivity contribution in [2.45, 2.75) is 64.6 Å². The Labute approximate surface area is 304 Å². The van der Waals surface area contributed by atoms with E-state index in [4.69, 9.17) is 9.47 Å². The second kappa shape index (κ2) is 21.3. The number of alkyl halides is 3. The third-order valence-corrected chi connectivity index (χ3v) is 8.79. The monoisotopic (exact) mass is 730 g/mol. The van der Waals surface area contributed by atoms with Gasteiger partial charge in [-0.3, -0.25) is 10.1 Å². The van der Waals surface area contributed by atoms with Gasteiger partial charge in [0.2, 0.25) is 12.4 Å². The number of halogens is 3. The van der Waals surface area contributed by atoms with Crippen LogP contribution in [0.1, 0.15) is 56.1 Å². The number of likely N-dealkylation sites (tertiary alicyclic amines) is 1. The fourth-order valence-electron chi connectivity index (χ4n) is 5.74. The van der Waals surface area contributed by atoms with E-state index in [1.807, 2.05) is 37.3 Å². The van der Waals surface area contributed by atoms with E-state index in [1.54, 1.807) is 12.1 Å². The van der Waals surface area contributed by atoms with Gasteiger partial charge in [0.05, 0.1) is 19.9 Å². The summed E-state index contributed by atoms with van der Waals surface area (Å²) >= 11 is 0. The molecule has 3 heterocycles. The van der Waals surface area contributed by atoms with Gasteiger partial charge in [0.15, 0.2) is 6.61 Å². The molecule has 52 heavy (non-hydrogen) atoms. The average Bonchev–Trinajstić information content (AvgIpc) is 3.70. The lowest BCUT2D eigenvalue weighted by atomic mass is 10.1. The standard InChI is InChI=1S/C27H35F3N6O3.C10H18N2O/c1-20-6-9-22-16-24(20)38-14-4-3-12-32-13-5-15-37-23-10-7-21(8-11-23)17-33-19-34-25(35-22)36-26(31-2)39-18-27(28,29)30;13-9-11-7-10(3-4-10)8-12-5-1-2-6-12/h6-11,16,32-33H,2-5,12-15,17-19H2,1H3,(H,34,35);9H,1-8H2,(H,11,13)/b36-26+;. The zero-order valence-electron chi connectivity index (χ0n) is 30.1. The molecule has 1 aliphatic carbocycles. The second-order valence-electron chi connectivity index (χ2n) is 13.3. The summed E-state index contributed by atoms with van der Waals surface area (Å²) in [6.07, 6.45) is 4.34. The fourth-order valence-corrected chi connectivity index (χ4v) is 5.74. The van der Waals surface area contributed by atoms with Crippen LogP contribution in [0.15, 0.2) is 57.4 Å². The minimum absolute atomic E-state index is 0.00454. The molecule has 0 aromatic heterocycles. The molecule has 3 aliphatic heterocycles. The van der Waals surface area contributed by atoms with E-state index in [1.165, 1.54) is 45.3 Å². The summed E-state index contributed by atoms with van der Waals surface area (Å²) in [5, 5.41) is 12.4. The SMILES string of the molecule is C=N/C(=N\C1=N/CNCc2ccc(cc2)OCCCNCCCCOc2cc(ccc2C)N1)OCC(F)(F)F.O=CNCC1(CN2CCCC2)CC1. The molecule has 4 aliphatic rings. The van der Waals surface area contributed by atoms with Gasteiger partial charge < -0.3 is 35.1 Å². The molecule has 12 nitrogen and oxygen atoms in total. The van der Waals surface area contributed by atoms with E-state index in [2.05, 4.69) is 52.6 Å². The van der Waals surface area contributed by atoms with Gasteiger partial charge in [-0.1, -0.05) is 18.2 Å². The Kier molecular flexibility index (Phi) is 16.7. The van der Waals surface area contributed by atoms with Crippen LogP contribution in [0, 0.1) is 12.3 Å². The fraction of sp³-hybridized carbons (Fsp3) is 0.568.